The standard InChI is InChI=1S/C10H9.C9H7.C2H5.2ClH.Zr/c1-8-6-7-9-4-2-3-5-10(8)9;1-2-5-9-7-3-6-8(9)4-1;1-2;;;/h2-8H,1H2;1-7H;1H2,2H3;2*1H;/q3*-1;;;+2/p-2. The summed E-state index contributed by atoms with van der Waals surface area (Å²) in [6, 6.07) is 23.0. The average molecular weight is 436 g/mol. The maximum absolute atomic E-state index is 4.93. The quantitative estimate of drug-likeness (QED) is 0.323. The molecule has 0 N–H and O–H groups in total. The number of allylic oxidation sites excluding steroid dienone is 1. The van der Waals surface area contributed by atoms with Crippen LogP contribution in [0.15, 0.2) is 72.8 Å². The second-order valence-electron chi connectivity index (χ2n) is 4.82. The Labute approximate surface area is 164 Å². The molecule has 1 atom stereocenters. The van der Waals surface area contributed by atoms with Crippen molar-refractivity contribution in [3.05, 3.63) is 97.8 Å². The van der Waals surface area contributed by atoms with Gasteiger partial charge < -0.3 is 13.8 Å². The van der Waals surface area contributed by atoms with Crippen molar-refractivity contribution < 1.29 is 20.8 Å². The van der Waals surface area contributed by atoms with Crippen LogP contribution in [0, 0.1) is 13.8 Å². The minimum absolute atomic E-state index is 0.371. The zero-order valence-corrected chi connectivity index (χ0v) is 17.7. The van der Waals surface area contributed by atoms with Gasteiger partial charge in [-0.25, -0.2) is 0 Å². The molecule has 4 rings (SSSR count). The molecule has 126 valence electrons. The van der Waals surface area contributed by atoms with E-state index in [9.17, 15) is 0 Å². The van der Waals surface area contributed by atoms with Crippen LogP contribution in [-0.4, -0.2) is 0 Å². The molecule has 0 saturated carbocycles. The second kappa shape index (κ2) is 12.6. The Kier molecular flexibility index (Phi) is 11.2. The van der Waals surface area contributed by atoms with Crippen LogP contribution in [0.5, 0.6) is 0 Å². The zero-order valence-electron chi connectivity index (χ0n) is 13.8. The summed E-state index contributed by atoms with van der Waals surface area (Å²) in [4.78, 5) is 0. The van der Waals surface area contributed by atoms with Crippen molar-refractivity contribution in [3.63, 3.8) is 0 Å². The van der Waals surface area contributed by atoms with Gasteiger partial charge in [-0.05, 0) is 5.56 Å². The van der Waals surface area contributed by atoms with Crippen molar-refractivity contribution in [1.29, 1.82) is 0 Å². The van der Waals surface area contributed by atoms with Crippen molar-refractivity contribution in [3.8, 4) is 0 Å². The maximum atomic E-state index is 4.93. The molecule has 0 aliphatic heterocycles. The van der Waals surface area contributed by atoms with Crippen LogP contribution in [0.4, 0.5) is 0 Å². The molecule has 0 amide bonds. The first kappa shape index (κ1) is 21.3. The van der Waals surface area contributed by atoms with Crippen LogP contribution in [0.1, 0.15) is 24.0 Å². The first-order valence-corrected chi connectivity index (χ1v) is 14.0. The van der Waals surface area contributed by atoms with E-state index in [-0.39, 0.29) is 0 Å². The fourth-order valence-corrected chi connectivity index (χ4v) is 2.39. The smallest absolute Gasteiger partial charge is 0.0809 e. The van der Waals surface area contributed by atoms with E-state index in [1.807, 2.05) is 0 Å². The molecule has 3 aromatic carbocycles. The van der Waals surface area contributed by atoms with Gasteiger partial charge in [-0.2, -0.15) is 24.4 Å². The van der Waals surface area contributed by atoms with E-state index in [1.165, 1.54) is 21.9 Å². The summed E-state index contributed by atoms with van der Waals surface area (Å²) in [5.74, 6) is 0.371. The fourth-order valence-electron chi connectivity index (χ4n) is 2.39. The van der Waals surface area contributed by atoms with Gasteiger partial charge in [0.15, 0.2) is 0 Å². The Morgan fingerprint density at radius 3 is 2.25 bits per heavy atom. The van der Waals surface area contributed by atoms with Gasteiger partial charge in [0, 0.05) is 0 Å². The number of hydrogen-bond acceptors (Lipinski definition) is 0. The summed E-state index contributed by atoms with van der Waals surface area (Å²) in [5.41, 5.74) is 2.67. The topological polar surface area (TPSA) is 0 Å². The number of benzene rings is 2. The van der Waals surface area contributed by atoms with Gasteiger partial charge in [0.1, 0.15) is 0 Å². The number of halogens is 2. The SMILES string of the molecule is [CH2-]C.[CH2-]C1C=Cc2ccccc21.[Cl][Zr][Cl].c1ccc2[cH-]ccc2c1. The van der Waals surface area contributed by atoms with Crippen LogP contribution >= 0.6 is 17.0 Å². The zero-order chi connectivity index (χ0) is 17.8. The molecule has 0 spiro atoms. The summed E-state index contributed by atoms with van der Waals surface area (Å²) < 4.78 is 0. The molecule has 0 nitrogen and oxygen atoms in total. The van der Waals surface area contributed by atoms with E-state index >= 15 is 0 Å². The first-order valence-electron chi connectivity index (χ1n) is 7.64. The summed E-state index contributed by atoms with van der Waals surface area (Å²) in [6.45, 7) is 8.99. The van der Waals surface area contributed by atoms with Crippen LogP contribution in [0.2, 0.25) is 0 Å². The minimum atomic E-state index is -0.826. The molecule has 24 heavy (non-hydrogen) atoms. The van der Waals surface area contributed by atoms with E-state index in [0.29, 0.717) is 5.92 Å². The van der Waals surface area contributed by atoms with E-state index in [2.05, 4.69) is 92.7 Å². The Morgan fingerprint density at radius 2 is 1.58 bits per heavy atom. The van der Waals surface area contributed by atoms with Gasteiger partial charge in [0.25, 0.3) is 0 Å². The van der Waals surface area contributed by atoms with Crippen LogP contribution in [0.3, 0.4) is 0 Å². The second-order valence-corrected chi connectivity index (χ2v) is 8.55. The molecule has 0 saturated heterocycles. The molecular weight excluding hydrogens is 414 g/mol. The average Bonchev–Trinajstić information content (AvgIpc) is 3.25. The minimum Gasteiger partial charge on any atom is -0.168 e. The van der Waals surface area contributed by atoms with Gasteiger partial charge in [0.2, 0.25) is 0 Å². The largest absolute Gasteiger partial charge is 0.168 e. The van der Waals surface area contributed by atoms with Crippen molar-refractivity contribution in [2.75, 3.05) is 0 Å². The molecule has 1 unspecified atom stereocenters. The molecule has 0 radical (unpaired) electrons. The Morgan fingerprint density at radius 1 is 0.958 bits per heavy atom. The van der Waals surface area contributed by atoms with Gasteiger partial charge >= 0.3 is 37.9 Å². The molecule has 0 fully saturated rings. The van der Waals surface area contributed by atoms with Crippen LogP contribution in [0.25, 0.3) is 16.8 Å². The molecule has 0 heterocycles. The number of hydrogen-bond donors (Lipinski definition) is 0. The van der Waals surface area contributed by atoms with Crippen molar-refractivity contribution in [2.45, 2.75) is 12.8 Å². The summed E-state index contributed by atoms with van der Waals surface area (Å²) >= 11 is -0.826. The van der Waals surface area contributed by atoms with Gasteiger partial charge in [-0.1, -0.05) is 42.0 Å². The molecular formula is C21H21Cl2Zr-3. The van der Waals surface area contributed by atoms with Crippen LogP contribution in [-0.2, 0) is 20.8 Å². The van der Waals surface area contributed by atoms with E-state index in [1.54, 1.807) is 6.92 Å². The third kappa shape index (κ3) is 6.63. The van der Waals surface area contributed by atoms with Gasteiger partial charge in [0.05, 0.1) is 0 Å². The van der Waals surface area contributed by atoms with Gasteiger partial charge in [-0.15, -0.1) is 41.6 Å². The third-order valence-electron chi connectivity index (χ3n) is 3.45. The van der Waals surface area contributed by atoms with Gasteiger partial charge in [-0.3, -0.25) is 0 Å². The first-order chi connectivity index (χ1) is 11.8. The van der Waals surface area contributed by atoms with E-state index in [4.69, 9.17) is 17.0 Å². The Balaban J connectivity index is 0.000000191. The predicted molar refractivity (Wildman–Crippen MR) is 106 cm³/mol. The monoisotopic (exact) mass is 433 g/mol. The molecule has 3 aromatic rings. The summed E-state index contributed by atoms with van der Waals surface area (Å²) in [7, 11) is 9.87. The molecule has 1 aliphatic rings. The van der Waals surface area contributed by atoms with E-state index in [0.717, 1.165) is 0 Å². The normalized spacial score (nSPS) is 13.5. The summed E-state index contributed by atoms with van der Waals surface area (Å²) in [5, 5.41) is 2.66. The molecule has 1 aliphatic carbocycles. The predicted octanol–water partition coefficient (Wildman–Crippen LogP) is 7.41. The van der Waals surface area contributed by atoms with Crippen molar-refractivity contribution in [1.82, 2.24) is 0 Å². The van der Waals surface area contributed by atoms with Crippen LogP contribution < -0.4 is 0 Å². The number of fused-ring (bicyclic) bond motifs is 2. The Bertz CT molecular complexity index is 701. The number of rotatable bonds is 0. The van der Waals surface area contributed by atoms with Crippen molar-refractivity contribution >= 4 is 33.9 Å². The molecule has 0 aromatic heterocycles. The Hall–Kier alpha value is -0.747. The van der Waals surface area contributed by atoms with E-state index < -0.39 is 20.8 Å². The van der Waals surface area contributed by atoms with Crippen molar-refractivity contribution in [2.24, 2.45) is 0 Å². The molecule has 0 bridgehead atoms. The fraction of sp³-hybridized carbons (Fsp3) is 0.0952. The third-order valence-corrected chi connectivity index (χ3v) is 3.45. The molecule has 3 heteroatoms. The summed E-state index contributed by atoms with van der Waals surface area (Å²) in [6.07, 6.45) is 4.26. The maximum Gasteiger partial charge on any atom is -0.0809 e.